The molecule has 1 saturated carbocycles. The summed E-state index contributed by atoms with van der Waals surface area (Å²) in [5, 5.41) is 11.3. The Morgan fingerprint density at radius 2 is 2.09 bits per heavy atom. The lowest BCUT2D eigenvalue weighted by atomic mass is 9.80. The van der Waals surface area contributed by atoms with Crippen LogP contribution in [0.2, 0.25) is 0 Å². The van der Waals surface area contributed by atoms with E-state index in [0.29, 0.717) is 6.04 Å². The lowest BCUT2D eigenvalue weighted by molar-refractivity contribution is 0.250. The minimum absolute atomic E-state index is 0.574. The quantitative estimate of drug-likeness (QED) is 0.481. The summed E-state index contributed by atoms with van der Waals surface area (Å²) in [5.41, 5.74) is 1.22. The molecule has 130 valence electrons. The molecule has 1 aliphatic carbocycles. The maximum absolute atomic E-state index is 4.36. The van der Waals surface area contributed by atoms with Crippen LogP contribution < -0.4 is 10.6 Å². The summed E-state index contributed by atoms with van der Waals surface area (Å²) in [4.78, 5) is 4.36. The number of guanidine groups is 1. The first-order chi connectivity index (χ1) is 11.1. The van der Waals surface area contributed by atoms with Crippen molar-refractivity contribution in [3.8, 4) is 0 Å². The molecule has 0 radical (unpaired) electrons. The van der Waals surface area contributed by atoms with Crippen LogP contribution in [0.3, 0.4) is 0 Å². The van der Waals surface area contributed by atoms with Gasteiger partial charge < -0.3 is 10.6 Å². The van der Waals surface area contributed by atoms with E-state index in [1.165, 1.54) is 31.2 Å². The van der Waals surface area contributed by atoms with Crippen molar-refractivity contribution in [2.24, 2.45) is 16.8 Å². The van der Waals surface area contributed by atoms with E-state index in [2.05, 4.69) is 47.7 Å². The largest absolute Gasteiger partial charge is 0.356 e. The van der Waals surface area contributed by atoms with Crippen molar-refractivity contribution >= 4 is 5.96 Å². The number of aliphatic imine (C=N–C) groups is 1. The molecule has 0 amide bonds. The molecule has 0 spiro atoms. The molecule has 1 aromatic heterocycles. The number of hydrogen-bond acceptors (Lipinski definition) is 2. The topological polar surface area (TPSA) is 54.2 Å². The van der Waals surface area contributed by atoms with Crippen molar-refractivity contribution in [2.75, 3.05) is 13.6 Å². The molecule has 23 heavy (non-hydrogen) atoms. The van der Waals surface area contributed by atoms with E-state index in [0.717, 1.165) is 37.3 Å². The van der Waals surface area contributed by atoms with Gasteiger partial charge in [-0.2, -0.15) is 5.10 Å². The SMILES string of the molecule is CN=C(NCCCn1cc(C)cn1)NC1CCC(C(C)C)CC1. The second-order valence-corrected chi connectivity index (χ2v) is 7.13. The highest BCUT2D eigenvalue weighted by Crippen LogP contribution is 2.29. The fourth-order valence-electron chi connectivity index (χ4n) is 3.36. The second kappa shape index (κ2) is 8.94. The Morgan fingerprint density at radius 1 is 1.35 bits per heavy atom. The standard InChI is InChI=1S/C18H33N5/c1-14(2)16-6-8-17(9-7-16)22-18(19-4)20-10-5-11-23-13-15(3)12-21-23/h12-14,16-17H,5-11H2,1-4H3,(H2,19,20,22). The van der Waals surface area contributed by atoms with Crippen LogP contribution in [-0.2, 0) is 6.54 Å². The molecule has 2 N–H and O–H groups in total. The van der Waals surface area contributed by atoms with Gasteiger partial charge in [-0.25, -0.2) is 0 Å². The third-order valence-electron chi connectivity index (χ3n) is 4.90. The average Bonchev–Trinajstić information content (AvgIpc) is 2.96. The van der Waals surface area contributed by atoms with Crippen molar-refractivity contribution in [3.05, 3.63) is 18.0 Å². The van der Waals surface area contributed by atoms with E-state index in [1.807, 2.05) is 17.9 Å². The van der Waals surface area contributed by atoms with Crippen LogP contribution in [0.5, 0.6) is 0 Å². The first-order valence-electron chi connectivity index (χ1n) is 9.04. The summed E-state index contributed by atoms with van der Waals surface area (Å²) >= 11 is 0. The number of aromatic nitrogens is 2. The van der Waals surface area contributed by atoms with Gasteiger partial charge >= 0.3 is 0 Å². The zero-order valence-corrected chi connectivity index (χ0v) is 15.2. The first kappa shape index (κ1) is 17.8. The van der Waals surface area contributed by atoms with Gasteiger partial charge in [0.15, 0.2) is 5.96 Å². The normalized spacial score (nSPS) is 22.4. The average molecular weight is 319 g/mol. The Labute approximate surface area is 141 Å². The van der Waals surface area contributed by atoms with Gasteiger partial charge in [-0.05, 0) is 56.4 Å². The van der Waals surface area contributed by atoms with Gasteiger partial charge in [0.2, 0.25) is 0 Å². The van der Waals surface area contributed by atoms with Gasteiger partial charge in [-0.1, -0.05) is 13.8 Å². The van der Waals surface area contributed by atoms with E-state index in [9.17, 15) is 0 Å². The molecule has 1 aliphatic rings. The van der Waals surface area contributed by atoms with Crippen molar-refractivity contribution in [3.63, 3.8) is 0 Å². The highest BCUT2D eigenvalue weighted by atomic mass is 15.3. The van der Waals surface area contributed by atoms with Crippen LogP contribution in [0.1, 0.15) is 51.5 Å². The predicted octanol–water partition coefficient (Wildman–Crippen LogP) is 2.96. The van der Waals surface area contributed by atoms with E-state index in [1.54, 1.807) is 0 Å². The van der Waals surface area contributed by atoms with Crippen LogP contribution in [0.15, 0.2) is 17.4 Å². The first-order valence-corrected chi connectivity index (χ1v) is 9.04. The molecule has 0 bridgehead atoms. The molecule has 1 heterocycles. The van der Waals surface area contributed by atoms with Crippen molar-refractivity contribution in [2.45, 2.75) is 65.5 Å². The number of rotatable bonds is 6. The summed E-state index contributed by atoms with van der Waals surface area (Å²) < 4.78 is 2.00. The van der Waals surface area contributed by atoms with Crippen LogP contribution in [-0.4, -0.2) is 35.4 Å². The summed E-state index contributed by atoms with van der Waals surface area (Å²) in [6, 6.07) is 0.574. The lowest BCUT2D eigenvalue weighted by Gasteiger charge is -2.32. The fourth-order valence-corrected chi connectivity index (χ4v) is 3.36. The van der Waals surface area contributed by atoms with Crippen molar-refractivity contribution < 1.29 is 0 Å². The van der Waals surface area contributed by atoms with Gasteiger partial charge in [0.1, 0.15) is 0 Å². The molecular weight excluding hydrogens is 286 g/mol. The third kappa shape index (κ3) is 5.88. The Hall–Kier alpha value is -1.52. The molecule has 0 aromatic carbocycles. The lowest BCUT2D eigenvalue weighted by Crippen LogP contribution is -2.45. The molecule has 1 aromatic rings. The Kier molecular flexibility index (Phi) is 6.93. The highest BCUT2D eigenvalue weighted by molar-refractivity contribution is 5.79. The monoisotopic (exact) mass is 319 g/mol. The third-order valence-corrected chi connectivity index (χ3v) is 4.90. The summed E-state index contributed by atoms with van der Waals surface area (Å²) in [6.07, 6.45) is 10.2. The van der Waals surface area contributed by atoms with Crippen LogP contribution >= 0.6 is 0 Å². The van der Waals surface area contributed by atoms with Crippen LogP contribution in [0.25, 0.3) is 0 Å². The summed E-state index contributed by atoms with van der Waals surface area (Å²) in [5.74, 6) is 2.66. The Morgan fingerprint density at radius 3 is 2.65 bits per heavy atom. The molecule has 2 rings (SSSR count). The van der Waals surface area contributed by atoms with Gasteiger partial charge in [-0.3, -0.25) is 9.67 Å². The molecule has 0 unspecified atom stereocenters. The molecule has 5 heteroatoms. The Balaban J connectivity index is 1.64. The van der Waals surface area contributed by atoms with E-state index >= 15 is 0 Å². The maximum Gasteiger partial charge on any atom is 0.191 e. The van der Waals surface area contributed by atoms with Gasteiger partial charge in [0.05, 0.1) is 6.20 Å². The van der Waals surface area contributed by atoms with Gasteiger partial charge in [-0.15, -0.1) is 0 Å². The van der Waals surface area contributed by atoms with Crippen molar-refractivity contribution in [1.82, 2.24) is 20.4 Å². The number of nitrogens with zero attached hydrogens (tertiary/aromatic N) is 3. The zero-order valence-electron chi connectivity index (χ0n) is 15.2. The number of aryl methyl sites for hydroxylation is 2. The molecule has 0 saturated heterocycles. The summed E-state index contributed by atoms with van der Waals surface area (Å²) in [6.45, 7) is 8.62. The van der Waals surface area contributed by atoms with Gasteiger partial charge in [0, 0.05) is 32.4 Å². The fraction of sp³-hybridized carbons (Fsp3) is 0.778. The predicted molar refractivity (Wildman–Crippen MR) is 96.7 cm³/mol. The van der Waals surface area contributed by atoms with E-state index in [-0.39, 0.29) is 0 Å². The minimum atomic E-state index is 0.574. The zero-order chi connectivity index (χ0) is 16.7. The molecule has 0 aliphatic heterocycles. The molecule has 1 fully saturated rings. The van der Waals surface area contributed by atoms with Gasteiger partial charge in [0.25, 0.3) is 0 Å². The second-order valence-electron chi connectivity index (χ2n) is 7.13. The Bertz CT molecular complexity index is 483. The molecular formula is C18H33N5. The summed E-state index contributed by atoms with van der Waals surface area (Å²) in [7, 11) is 1.85. The maximum atomic E-state index is 4.36. The minimum Gasteiger partial charge on any atom is -0.356 e. The van der Waals surface area contributed by atoms with E-state index < -0.39 is 0 Å². The van der Waals surface area contributed by atoms with Crippen LogP contribution in [0, 0.1) is 18.8 Å². The molecule has 0 atom stereocenters. The number of nitrogens with one attached hydrogen (secondary N) is 2. The highest BCUT2D eigenvalue weighted by Gasteiger charge is 2.23. The van der Waals surface area contributed by atoms with Crippen molar-refractivity contribution in [1.29, 1.82) is 0 Å². The smallest absolute Gasteiger partial charge is 0.191 e. The van der Waals surface area contributed by atoms with Crippen LogP contribution in [0.4, 0.5) is 0 Å². The van der Waals surface area contributed by atoms with E-state index in [4.69, 9.17) is 0 Å². The molecule has 5 nitrogen and oxygen atoms in total. The number of hydrogen-bond donors (Lipinski definition) is 2.